The van der Waals surface area contributed by atoms with Gasteiger partial charge in [0.05, 0.1) is 28.9 Å². The highest BCUT2D eigenvalue weighted by atomic mass is 79.9. The van der Waals surface area contributed by atoms with Crippen LogP contribution in [0.2, 0.25) is 0 Å². The molecule has 176 valence electrons. The van der Waals surface area contributed by atoms with Gasteiger partial charge in [-0.05, 0) is 22.0 Å². The first-order valence-electron chi connectivity index (χ1n) is 10.1. The Morgan fingerprint density at radius 1 is 1.30 bits per heavy atom. The van der Waals surface area contributed by atoms with Crippen molar-refractivity contribution in [2.75, 3.05) is 25.5 Å². The van der Waals surface area contributed by atoms with Gasteiger partial charge in [0.1, 0.15) is 23.4 Å². The maximum atomic E-state index is 14.1. The largest absolute Gasteiger partial charge is 0.354 e. The molecule has 0 spiro atoms. The molecule has 0 saturated heterocycles. The average Bonchev–Trinajstić information content (AvgIpc) is 3.06. The first kappa shape index (κ1) is 23.1. The summed E-state index contributed by atoms with van der Waals surface area (Å²) in [6.07, 6.45) is -0.114. The van der Waals surface area contributed by atoms with Crippen molar-refractivity contribution in [1.82, 2.24) is 25.1 Å². The van der Waals surface area contributed by atoms with Gasteiger partial charge in [-0.3, -0.25) is 19.1 Å². The number of aromatic nitrogens is 2. The lowest BCUT2D eigenvalue weighted by Crippen LogP contribution is -2.40. The SMILES string of the molecule is CC(=O)NC[C@H]1Cn2nc3c(c2C(=O)N(C)O1)CN(C(=O)Nc1cc(Br)c(F)cc1F)CC3. The van der Waals surface area contributed by atoms with Crippen molar-refractivity contribution >= 4 is 39.5 Å². The predicted molar refractivity (Wildman–Crippen MR) is 115 cm³/mol. The van der Waals surface area contributed by atoms with E-state index in [0.29, 0.717) is 36.0 Å². The molecule has 33 heavy (non-hydrogen) atoms. The normalized spacial score (nSPS) is 17.8. The molecule has 3 heterocycles. The molecule has 4 rings (SSSR count). The van der Waals surface area contributed by atoms with Crippen LogP contribution in [-0.4, -0.2) is 63.8 Å². The molecule has 0 aliphatic carbocycles. The molecule has 13 heteroatoms. The van der Waals surface area contributed by atoms with Crippen molar-refractivity contribution < 1.29 is 28.0 Å². The Kier molecular flexibility index (Phi) is 6.34. The zero-order valence-corrected chi connectivity index (χ0v) is 19.4. The molecule has 1 aromatic heterocycles. The number of fused-ring (bicyclic) bond motifs is 3. The van der Waals surface area contributed by atoms with Crippen molar-refractivity contribution in [3.05, 3.63) is 45.2 Å². The van der Waals surface area contributed by atoms with E-state index in [9.17, 15) is 23.2 Å². The Balaban J connectivity index is 1.55. The topological polar surface area (TPSA) is 109 Å². The number of carbonyl (C=O) groups excluding carboxylic acids is 3. The summed E-state index contributed by atoms with van der Waals surface area (Å²) in [5.74, 6) is -2.33. The molecular formula is C20H21BrF2N6O4. The molecule has 0 unspecified atom stereocenters. The summed E-state index contributed by atoms with van der Waals surface area (Å²) in [7, 11) is 1.47. The number of nitrogens with one attached hydrogen (secondary N) is 2. The van der Waals surface area contributed by atoms with Gasteiger partial charge < -0.3 is 15.5 Å². The Morgan fingerprint density at radius 3 is 2.79 bits per heavy atom. The van der Waals surface area contributed by atoms with E-state index in [0.717, 1.165) is 11.1 Å². The number of nitrogens with zero attached hydrogens (tertiary/aromatic N) is 4. The molecule has 2 aromatic rings. The lowest BCUT2D eigenvalue weighted by atomic mass is 10.1. The molecule has 0 saturated carbocycles. The zero-order valence-electron chi connectivity index (χ0n) is 17.8. The second kappa shape index (κ2) is 9.06. The van der Waals surface area contributed by atoms with E-state index in [1.165, 1.54) is 18.9 Å². The first-order chi connectivity index (χ1) is 15.6. The van der Waals surface area contributed by atoms with Crippen molar-refractivity contribution in [2.45, 2.75) is 32.5 Å². The van der Waals surface area contributed by atoms with Crippen LogP contribution >= 0.6 is 15.9 Å². The number of carbonyl (C=O) groups is 3. The third-order valence-corrected chi connectivity index (χ3v) is 6.00. The highest BCUT2D eigenvalue weighted by molar-refractivity contribution is 9.10. The van der Waals surface area contributed by atoms with E-state index in [1.807, 2.05) is 0 Å². The van der Waals surface area contributed by atoms with E-state index < -0.39 is 29.7 Å². The Morgan fingerprint density at radius 2 is 2.06 bits per heavy atom. The van der Waals surface area contributed by atoms with E-state index in [4.69, 9.17) is 4.84 Å². The van der Waals surface area contributed by atoms with Gasteiger partial charge in [-0.1, -0.05) is 0 Å². The molecule has 0 bridgehead atoms. The molecule has 10 nitrogen and oxygen atoms in total. The minimum absolute atomic E-state index is 0.0181. The number of benzene rings is 1. The van der Waals surface area contributed by atoms with Gasteiger partial charge >= 0.3 is 6.03 Å². The zero-order chi connectivity index (χ0) is 23.9. The monoisotopic (exact) mass is 526 g/mol. The van der Waals surface area contributed by atoms with Crippen molar-refractivity contribution in [1.29, 1.82) is 0 Å². The standard InChI is InChI=1S/C20H21BrF2N6O4/c1-10(30)24-7-11-8-29-18(19(31)27(2)33-11)12-9-28(4-3-16(12)26-29)20(32)25-17-5-13(21)14(22)6-15(17)23/h5-6,11H,3-4,7-9H2,1-2H3,(H,24,30)(H,25,32)/t11-/m0/s1. The molecule has 2 N–H and O–H groups in total. The summed E-state index contributed by atoms with van der Waals surface area (Å²) in [6.45, 7) is 2.20. The van der Waals surface area contributed by atoms with Gasteiger partial charge in [0.25, 0.3) is 5.91 Å². The van der Waals surface area contributed by atoms with Crippen LogP contribution in [0.4, 0.5) is 19.3 Å². The summed E-state index contributed by atoms with van der Waals surface area (Å²) >= 11 is 2.97. The van der Waals surface area contributed by atoms with Gasteiger partial charge in [0.2, 0.25) is 5.91 Å². The van der Waals surface area contributed by atoms with E-state index >= 15 is 0 Å². The maximum absolute atomic E-state index is 14.1. The number of rotatable bonds is 3. The molecule has 2 aliphatic rings. The lowest BCUT2D eigenvalue weighted by molar-refractivity contribution is -0.148. The van der Waals surface area contributed by atoms with Crippen LogP contribution in [0.25, 0.3) is 0 Å². The van der Waals surface area contributed by atoms with E-state index in [1.54, 1.807) is 4.68 Å². The quantitative estimate of drug-likeness (QED) is 0.595. The number of hydroxylamine groups is 2. The molecule has 1 atom stereocenters. The van der Waals surface area contributed by atoms with Crippen LogP contribution in [-0.2, 0) is 29.1 Å². The summed E-state index contributed by atoms with van der Waals surface area (Å²) in [6, 6.07) is 1.24. The molecule has 0 radical (unpaired) electrons. The number of hydrogen-bond acceptors (Lipinski definition) is 5. The molecule has 2 aliphatic heterocycles. The fourth-order valence-electron chi connectivity index (χ4n) is 3.79. The third-order valence-electron chi connectivity index (χ3n) is 5.39. The van der Waals surface area contributed by atoms with Crippen LogP contribution in [0, 0.1) is 11.6 Å². The number of hydrogen-bond donors (Lipinski definition) is 2. The Labute approximate surface area is 195 Å². The van der Waals surface area contributed by atoms with Gasteiger partial charge in [0.15, 0.2) is 0 Å². The second-order valence-corrected chi connectivity index (χ2v) is 8.63. The Hall–Kier alpha value is -3.06. The van der Waals surface area contributed by atoms with Crippen LogP contribution < -0.4 is 10.6 Å². The summed E-state index contributed by atoms with van der Waals surface area (Å²) in [5, 5.41) is 10.7. The van der Waals surface area contributed by atoms with Crippen molar-refractivity contribution in [3.8, 4) is 0 Å². The third kappa shape index (κ3) is 4.69. The molecular weight excluding hydrogens is 506 g/mol. The highest BCUT2D eigenvalue weighted by Gasteiger charge is 2.35. The van der Waals surface area contributed by atoms with Gasteiger partial charge in [0, 0.05) is 45.1 Å². The maximum Gasteiger partial charge on any atom is 0.322 e. The highest BCUT2D eigenvalue weighted by Crippen LogP contribution is 2.28. The molecule has 1 aromatic carbocycles. The van der Waals surface area contributed by atoms with Crippen LogP contribution in [0.1, 0.15) is 28.7 Å². The number of anilines is 1. The number of halogens is 3. The summed E-state index contributed by atoms with van der Waals surface area (Å²) in [5.41, 5.74) is 1.40. The van der Waals surface area contributed by atoms with E-state index in [-0.39, 0.29) is 35.7 Å². The van der Waals surface area contributed by atoms with E-state index in [2.05, 4.69) is 31.7 Å². The van der Waals surface area contributed by atoms with Crippen LogP contribution in [0.3, 0.4) is 0 Å². The minimum Gasteiger partial charge on any atom is -0.354 e. The number of urea groups is 1. The van der Waals surface area contributed by atoms with Crippen molar-refractivity contribution in [3.63, 3.8) is 0 Å². The first-order valence-corrected chi connectivity index (χ1v) is 10.9. The van der Waals surface area contributed by atoms with Crippen LogP contribution in [0.15, 0.2) is 16.6 Å². The van der Waals surface area contributed by atoms with Crippen LogP contribution in [0.5, 0.6) is 0 Å². The Bertz CT molecular complexity index is 1140. The number of amides is 4. The molecule has 0 fully saturated rings. The minimum atomic E-state index is -0.902. The van der Waals surface area contributed by atoms with Crippen molar-refractivity contribution in [2.24, 2.45) is 0 Å². The van der Waals surface area contributed by atoms with Gasteiger partial charge in [-0.15, -0.1) is 0 Å². The van der Waals surface area contributed by atoms with Gasteiger partial charge in [-0.2, -0.15) is 5.10 Å². The predicted octanol–water partition coefficient (Wildman–Crippen LogP) is 2.04. The average molecular weight is 527 g/mol. The van der Waals surface area contributed by atoms with Gasteiger partial charge in [-0.25, -0.2) is 18.6 Å². The summed E-state index contributed by atoms with van der Waals surface area (Å²) in [4.78, 5) is 44.1. The summed E-state index contributed by atoms with van der Waals surface area (Å²) < 4.78 is 29.1. The second-order valence-electron chi connectivity index (χ2n) is 7.77. The lowest BCUT2D eigenvalue weighted by Gasteiger charge is -2.27. The molecule has 4 amide bonds. The fourth-order valence-corrected chi connectivity index (χ4v) is 4.13. The fraction of sp³-hybridized carbons (Fsp3) is 0.400. The smallest absolute Gasteiger partial charge is 0.322 e.